The lowest BCUT2D eigenvalue weighted by molar-refractivity contribution is 0.653. The molecule has 0 bridgehead atoms. The molecule has 104 valence electrons. The van der Waals surface area contributed by atoms with Crippen LogP contribution >= 0.6 is 0 Å². The summed E-state index contributed by atoms with van der Waals surface area (Å²) >= 11 is 0. The number of nitrogen functional groups attached to an aromatic ring is 1. The molecule has 1 aliphatic heterocycles. The van der Waals surface area contributed by atoms with Crippen LogP contribution in [0.25, 0.3) is 0 Å². The molecule has 2 aromatic rings. The van der Waals surface area contributed by atoms with E-state index in [0.717, 1.165) is 43.2 Å². The minimum atomic E-state index is 0.751. The van der Waals surface area contributed by atoms with Crippen molar-refractivity contribution in [1.82, 2.24) is 9.97 Å². The fourth-order valence-electron chi connectivity index (χ4n) is 2.62. The molecule has 0 saturated carbocycles. The van der Waals surface area contributed by atoms with Gasteiger partial charge in [0.15, 0.2) is 0 Å². The van der Waals surface area contributed by atoms with E-state index in [1.807, 2.05) is 19.2 Å². The number of pyridine rings is 2. The average molecular weight is 269 g/mol. The molecular formula is C15H19N5. The largest absolute Gasteiger partial charge is 0.396 e. The van der Waals surface area contributed by atoms with E-state index in [9.17, 15) is 0 Å². The fourth-order valence-corrected chi connectivity index (χ4v) is 2.62. The number of nitrogens with two attached hydrogens (primary N) is 1. The minimum absolute atomic E-state index is 0.751. The Morgan fingerprint density at radius 3 is 2.50 bits per heavy atom. The Kier molecular flexibility index (Phi) is 3.41. The van der Waals surface area contributed by atoms with Crippen LogP contribution in [0.3, 0.4) is 0 Å². The first kappa shape index (κ1) is 12.7. The van der Waals surface area contributed by atoms with Gasteiger partial charge in [0.25, 0.3) is 0 Å². The van der Waals surface area contributed by atoms with Gasteiger partial charge >= 0.3 is 0 Å². The average Bonchev–Trinajstić information content (AvgIpc) is 2.48. The van der Waals surface area contributed by atoms with Crippen molar-refractivity contribution in [2.45, 2.75) is 6.92 Å². The molecule has 0 atom stereocenters. The van der Waals surface area contributed by atoms with Gasteiger partial charge in [-0.3, -0.25) is 9.97 Å². The Hall–Kier alpha value is -2.30. The third-order valence-electron chi connectivity index (χ3n) is 3.69. The van der Waals surface area contributed by atoms with Crippen molar-refractivity contribution in [2.75, 3.05) is 41.7 Å². The number of hydrogen-bond donors (Lipinski definition) is 1. The van der Waals surface area contributed by atoms with Crippen molar-refractivity contribution >= 4 is 17.1 Å². The summed E-state index contributed by atoms with van der Waals surface area (Å²) in [5, 5.41) is 0. The predicted octanol–water partition coefficient (Wildman–Crippen LogP) is 1.69. The van der Waals surface area contributed by atoms with Gasteiger partial charge in [-0.15, -0.1) is 0 Å². The molecule has 1 saturated heterocycles. The summed E-state index contributed by atoms with van der Waals surface area (Å²) in [6, 6.07) is 6.20. The Morgan fingerprint density at radius 2 is 1.80 bits per heavy atom. The summed E-state index contributed by atoms with van der Waals surface area (Å²) in [4.78, 5) is 13.0. The van der Waals surface area contributed by atoms with Crippen LogP contribution in [0.4, 0.5) is 17.1 Å². The summed E-state index contributed by atoms with van der Waals surface area (Å²) in [7, 11) is 0. The zero-order valence-electron chi connectivity index (χ0n) is 11.7. The van der Waals surface area contributed by atoms with E-state index in [1.165, 1.54) is 5.69 Å². The SMILES string of the molecule is Cc1cc(N2CCN(c3ccncc3N)CC2)ccn1. The van der Waals surface area contributed by atoms with E-state index in [-0.39, 0.29) is 0 Å². The van der Waals surface area contributed by atoms with Crippen molar-refractivity contribution in [3.8, 4) is 0 Å². The van der Waals surface area contributed by atoms with Crippen LogP contribution in [0.2, 0.25) is 0 Å². The van der Waals surface area contributed by atoms with Crippen LogP contribution in [-0.4, -0.2) is 36.1 Å². The van der Waals surface area contributed by atoms with Crippen LogP contribution < -0.4 is 15.5 Å². The number of aromatic nitrogens is 2. The zero-order chi connectivity index (χ0) is 13.9. The summed E-state index contributed by atoms with van der Waals surface area (Å²) in [6.07, 6.45) is 5.39. The predicted molar refractivity (Wildman–Crippen MR) is 82.0 cm³/mol. The molecule has 2 aromatic heterocycles. The highest BCUT2D eigenvalue weighted by Gasteiger charge is 2.18. The topological polar surface area (TPSA) is 58.3 Å². The highest BCUT2D eigenvalue weighted by Crippen LogP contribution is 2.24. The van der Waals surface area contributed by atoms with E-state index in [2.05, 4.69) is 31.9 Å². The summed E-state index contributed by atoms with van der Waals surface area (Å²) < 4.78 is 0. The highest BCUT2D eigenvalue weighted by atomic mass is 15.3. The molecule has 3 rings (SSSR count). The molecule has 0 radical (unpaired) electrons. The van der Waals surface area contributed by atoms with Gasteiger partial charge in [-0.05, 0) is 25.1 Å². The number of hydrogen-bond acceptors (Lipinski definition) is 5. The number of aryl methyl sites for hydroxylation is 1. The molecule has 5 heteroatoms. The van der Waals surface area contributed by atoms with E-state index in [4.69, 9.17) is 5.73 Å². The lowest BCUT2D eigenvalue weighted by atomic mass is 10.2. The lowest BCUT2D eigenvalue weighted by Gasteiger charge is -2.37. The maximum atomic E-state index is 5.99. The smallest absolute Gasteiger partial charge is 0.0738 e. The second kappa shape index (κ2) is 5.36. The summed E-state index contributed by atoms with van der Waals surface area (Å²) in [5.41, 5.74) is 10.1. The van der Waals surface area contributed by atoms with Crippen LogP contribution in [0.15, 0.2) is 36.8 Å². The minimum Gasteiger partial charge on any atom is -0.396 e. The Morgan fingerprint density at radius 1 is 1.05 bits per heavy atom. The van der Waals surface area contributed by atoms with Gasteiger partial charge in [0.05, 0.1) is 17.6 Å². The third kappa shape index (κ3) is 2.52. The van der Waals surface area contributed by atoms with Gasteiger partial charge in [-0.2, -0.15) is 0 Å². The molecular weight excluding hydrogens is 250 g/mol. The summed E-state index contributed by atoms with van der Waals surface area (Å²) in [6.45, 7) is 5.94. The van der Waals surface area contributed by atoms with Crippen LogP contribution in [0.1, 0.15) is 5.69 Å². The zero-order valence-corrected chi connectivity index (χ0v) is 11.7. The van der Waals surface area contributed by atoms with Crippen molar-refractivity contribution in [1.29, 1.82) is 0 Å². The molecule has 0 unspecified atom stereocenters. The van der Waals surface area contributed by atoms with E-state index < -0.39 is 0 Å². The van der Waals surface area contributed by atoms with Crippen molar-refractivity contribution in [2.24, 2.45) is 0 Å². The molecule has 5 nitrogen and oxygen atoms in total. The van der Waals surface area contributed by atoms with E-state index in [0.29, 0.717) is 0 Å². The third-order valence-corrected chi connectivity index (χ3v) is 3.69. The quantitative estimate of drug-likeness (QED) is 0.899. The molecule has 1 fully saturated rings. The van der Waals surface area contributed by atoms with E-state index in [1.54, 1.807) is 12.4 Å². The van der Waals surface area contributed by atoms with Crippen molar-refractivity contribution < 1.29 is 0 Å². The molecule has 0 spiro atoms. The van der Waals surface area contributed by atoms with Crippen molar-refractivity contribution in [3.05, 3.63) is 42.5 Å². The maximum Gasteiger partial charge on any atom is 0.0738 e. The first-order valence-corrected chi connectivity index (χ1v) is 6.86. The van der Waals surface area contributed by atoms with Gasteiger partial charge in [0.1, 0.15) is 0 Å². The van der Waals surface area contributed by atoms with Gasteiger partial charge in [-0.25, -0.2) is 0 Å². The molecule has 2 N–H and O–H groups in total. The monoisotopic (exact) mass is 269 g/mol. The number of nitrogens with zero attached hydrogens (tertiary/aromatic N) is 4. The van der Waals surface area contributed by atoms with Gasteiger partial charge < -0.3 is 15.5 Å². The van der Waals surface area contributed by atoms with Crippen molar-refractivity contribution in [3.63, 3.8) is 0 Å². The number of piperazine rings is 1. The maximum absolute atomic E-state index is 5.99. The van der Waals surface area contributed by atoms with Gasteiger partial charge in [0, 0.05) is 50.0 Å². The molecule has 0 aromatic carbocycles. The van der Waals surface area contributed by atoms with Gasteiger partial charge in [0.2, 0.25) is 0 Å². The van der Waals surface area contributed by atoms with Gasteiger partial charge in [-0.1, -0.05) is 0 Å². The normalized spacial score (nSPS) is 15.4. The Bertz CT molecular complexity index is 590. The highest BCUT2D eigenvalue weighted by molar-refractivity contribution is 5.66. The Balaban J connectivity index is 1.70. The number of anilines is 3. The first-order valence-electron chi connectivity index (χ1n) is 6.86. The standard InChI is InChI=1S/C15H19N5/c1-12-10-13(2-5-18-12)19-6-8-20(9-7-19)15-3-4-17-11-14(15)16/h2-5,10-11H,6-9,16H2,1H3. The second-order valence-electron chi connectivity index (χ2n) is 5.06. The van der Waals surface area contributed by atoms with E-state index >= 15 is 0 Å². The molecule has 20 heavy (non-hydrogen) atoms. The summed E-state index contributed by atoms with van der Waals surface area (Å²) in [5.74, 6) is 0. The van der Waals surface area contributed by atoms with Crippen LogP contribution in [0, 0.1) is 6.92 Å². The molecule has 1 aliphatic rings. The molecule has 0 aliphatic carbocycles. The van der Waals surface area contributed by atoms with Crippen LogP contribution in [-0.2, 0) is 0 Å². The Labute approximate surface area is 119 Å². The van der Waals surface area contributed by atoms with Crippen LogP contribution in [0.5, 0.6) is 0 Å². The lowest BCUT2D eigenvalue weighted by Crippen LogP contribution is -2.46. The fraction of sp³-hybridized carbons (Fsp3) is 0.333. The number of rotatable bonds is 2. The second-order valence-corrected chi connectivity index (χ2v) is 5.06. The molecule has 3 heterocycles. The first-order chi connectivity index (χ1) is 9.74. The molecule has 0 amide bonds.